The Kier molecular flexibility index (Phi) is 3.83. The third-order valence-corrected chi connectivity index (χ3v) is 13.0. The highest BCUT2D eigenvalue weighted by molar-refractivity contribution is 6.80. The summed E-state index contributed by atoms with van der Waals surface area (Å²) in [4.78, 5) is 0. The molecule has 0 aromatic carbocycles. The molecule has 0 aromatic heterocycles. The Balaban J connectivity index is 1.67. The van der Waals surface area contributed by atoms with Gasteiger partial charge in [0.1, 0.15) is 0 Å². The molecule has 8 atom stereocenters. The van der Waals surface area contributed by atoms with E-state index in [-0.39, 0.29) is 0 Å². The number of hydrogen-bond acceptors (Lipinski definition) is 0. The second kappa shape index (κ2) is 5.62. The van der Waals surface area contributed by atoms with Crippen LogP contribution in [0.3, 0.4) is 0 Å². The molecule has 0 saturated heterocycles. The van der Waals surface area contributed by atoms with Crippen LogP contribution in [0.5, 0.6) is 0 Å². The zero-order chi connectivity index (χ0) is 16.2. The summed E-state index contributed by atoms with van der Waals surface area (Å²) in [5.41, 5.74) is 1.92. The van der Waals surface area contributed by atoms with E-state index in [9.17, 15) is 0 Å². The molecule has 6 unspecified atom stereocenters. The van der Waals surface area contributed by atoms with E-state index in [4.69, 9.17) is 0 Å². The lowest BCUT2D eigenvalue weighted by Crippen LogP contribution is -2.45. The fourth-order valence-electron chi connectivity index (χ4n) is 7.18. The van der Waals surface area contributed by atoms with E-state index in [1.165, 1.54) is 12.8 Å². The lowest BCUT2D eigenvalue weighted by molar-refractivity contribution is 0.491. The van der Waals surface area contributed by atoms with Gasteiger partial charge in [0.25, 0.3) is 0 Å². The molecule has 124 valence electrons. The van der Waals surface area contributed by atoms with Gasteiger partial charge in [0.2, 0.25) is 0 Å². The van der Waals surface area contributed by atoms with Crippen molar-refractivity contribution in [2.45, 2.75) is 50.9 Å². The number of hydrogen-bond donors (Lipinski definition) is 0. The van der Waals surface area contributed by atoms with E-state index in [1.54, 1.807) is 0 Å². The van der Waals surface area contributed by atoms with Crippen LogP contribution in [-0.4, -0.2) is 8.07 Å². The van der Waals surface area contributed by atoms with Crippen molar-refractivity contribution >= 4 is 8.07 Å². The van der Waals surface area contributed by atoms with Gasteiger partial charge in [-0.2, -0.15) is 0 Å². The molecule has 0 nitrogen and oxygen atoms in total. The minimum atomic E-state index is -1.35. The van der Waals surface area contributed by atoms with Gasteiger partial charge in [0.15, 0.2) is 0 Å². The highest BCUT2D eigenvalue weighted by Gasteiger charge is 2.56. The van der Waals surface area contributed by atoms with Crippen LogP contribution in [-0.2, 0) is 0 Å². The summed E-state index contributed by atoms with van der Waals surface area (Å²) in [5, 5.41) is 0. The average Bonchev–Trinajstić information content (AvgIpc) is 3.02. The molecular weight excluding hydrogens is 292 g/mol. The predicted octanol–water partition coefficient (Wildman–Crippen LogP) is 6.23. The second-order valence-corrected chi connectivity index (χ2v) is 14.3. The third kappa shape index (κ3) is 2.38. The van der Waals surface area contributed by atoms with Gasteiger partial charge in [-0.3, -0.25) is 0 Å². The molecule has 0 bridgehead atoms. The standard InChI is InChI=1S/C22H32Si/c1-15-13-17-9-5-7-11-19(17)21(15)23(3,4)22-16(2)14-18-10-6-8-12-20(18)22/h5-12,15-22H,13-14H2,1-4H3/t15?,16?,17?,18?,19?,20?,21-,22-/m0/s1. The molecule has 1 heteroatoms. The normalized spacial score (nSPS) is 47.8. The first-order valence-corrected chi connectivity index (χ1v) is 12.9. The second-order valence-electron chi connectivity index (χ2n) is 9.32. The molecule has 0 aliphatic heterocycles. The van der Waals surface area contributed by atoms with Crippen molar-refractivity contribution in [2.24, 2.45) is 35.5 Å². The molecule has 4 aliphatic carbocycles. The average molecular weight is 325 g/mol. The molecule has 2 saturated carbocycles. The smallest absolute Gasteiger partial charge is 0.0553 e. The maximum absolute atomic E-state index is 2.73. The quantitative estimate of drug-likeness (QED) is 0.528. The lowest BCUT2D eigenvalue weighted by atomic mass is 9.91. The highest BCUT2D eigenvalue weighted by Crippen LogP contribution is 2.62. The summed E-state index contributed by atoms with van der Waals surface area (Å²) >= 11 is 0. The predicted molar refractivity (Wildman–Crippen MR) is 103 cm³/mol. The summed E-state index contributed by atoms with van der Waals surface area (Å²) in [6, 6.07) is 0. The van der Waals surface area contributed by atoms with Crippen LogP contribution >= 0.6 is 0 Å². The van der Waals surface area contributed by atoms with E-state index in [1.807, 2.05) is 0 Å². The van der Waals surface area contributed by atoms with Crippen LogP contribution in [0.25, 0.3) is 0 Å². The van der Waals surface area contributed by atoms with Gasteiger partial charge < -0.3 is 0 Å². The minimum Gasteiger partial charge on any atom is -0.0808 e. The fraction of sp³-hybridized carbons (Fsp3) is 0.636. The largest absolute Gasteiger partial charge is 0.0808 e. The lowest BCUT2D eigenvalue weighted by Gasteiger charge is -2.45. The molecule has 0 radical (unpaired) electrons. The molecule has 0 heterocycles. The molecule has 2 fully saturated rings. The summed E-state index contributed by atoms with van der Waals surface area (Å²) in [6.07, 6.45) is 22.1. The minimum absolute atomic E-state index is 0.820. The highest BCUT2D eigenvalue weighted by atomic mass is 28.3. The first-order valence-electron chi connectivity index (χ1n) is 9.70. The summed E-state index contributed by atoms with van der Waals surface area (Å²) in [7, 11) is -1.35. The molecule has 4 aliphatic rings. The van der Waals surface area contributed by atoms with Gasteiger partial charge in [-0.05, 0) is 59.4 Å². The van der Waals surface area contributed by atoms with Crippen LogP contribution in [0.4, 0.5) is 0 Å². The summed E-state index contributed by atoms with van der Waals surface area (Å²) in [6.45, 7) is 10.6. The van der Waals surface area contributed by atoms with E-state index < -0.39 is 8.07 Å². The molecule has 4 rings (SSSR count). The van der Waals surface area contributed by atoms with Crippen molar-refractivity contribution in [3.63, 3.8) is 0 Å². The fourth-order valence-corrected chi connectivity index (χ4v) is 13.5. The Labute approximate surface area is 143 Å². The van der Waals surface area contributed by atoms with Crippen molar-refractivity contribution in [3.05, 3.63) is 48.6 Å². The van der Waals surface area contributed by atoms with Gasteiger partial charge in [0, 0.05) is 0 Å². The number of allylic oxidation sites excluding steroid dienone is 8. The molecule has 0 spiro atoms. The Morgan fingerprint density at radius 3 is 1.48 bits per heavy atom. The van der Waals surface area contributed by atoms with E-state index in [0.29, 0.717) is 0 Å². The Morgan fingerprint density at radius 1 is 0.652 bits per heavy atom. The Bertz CT molecular complexity index is 529. The van der Waals surface area contributed by atoms with Gasteiger partial charge in [0.05, 0.1) is 8.07 Å². The monoisotopic (exact) mass is 324 g/mol. The Hall–Kier alpha value is -0.823. The van der Waals surface area contributed by atoms with Crippen molar-refractivity contribution in [2.75, 3.05) is 0 Å². The first kappa shape index (κ1) is 15.7. The number of rotatable bonds is 2. The van der Waals surface area contributed by atoms with E-state index in [0.717, 1.165) is 46.6 Å². The maximum atomic E-state index is 2.73. The van der Waals surface area contributed by atoms with Crippen LogP contribution in [0, 0.1) is 35.5 Å². The van der Waals surface area contributed by atoms with E-state index >= 15 is 0 Å². The molecule has 0 amide bonds. The van der Waals surface area contributed by atoms with Crippen LogP contribution in [0.2, 0.25) is 24.2 Å². The number of fused-ring (bicyclic) bond motifs is 2. The molecule has 0 N–H and O–H groups in total. The van der Waals surface area contributed by atoms with Crippen molar-refractivity contribution in [3.8, 4) is 0 Å². The Morgan fingerprint density at radius 2 is 1.04 bits per heavy atom. The van der Waals surface area contributed by atoms with Gasteiger partial charge in [-0.1, -0.05) is 75.5 Å². The zero-order valence-corrected chi connectivity index (χ0v) is 16.2. The van der Waals surface area contributed by atoms with Crippen LogP contribution in [0.15, 0.2) is 48.6 Å². The SMILES string of the molecule is CC1CC2C=CC=CC2[C@H]1[Si](C)(C)[C@H]1C(C)CC2C=CC=CC21. The van der Waals surface area contributed by atoms with Gasteiger partial charge in [-0.25, -0.2) is 0 Å². The van der Waals surface area contributed by atoms with Crippen molar-refractivity contribution in [1.82, 2.24) is 0 Å². The zero-order valence-electron chi connectivity index (χ0n) is 15.2. The molecule has 23 heavy (non-hydrogen) atoms. The third-order valence-electron chi connectivity index (χ3n) is 7.66. The maximum Gasteiger partial charge on any atom is 0.0553 e. The molecular formula is C22H32Si. The van der Waals surface area contributed by atoms with Gasteiger partial charge >= 0.3 is 0 Å². The van der Waals surface area contributed by atoms with Crippen molar-refractivity contribution in [1.29, 1.82) is 0 Å². The van der Waals surface area contributed by atoms with E-state index in [2.05, 4.69) is 75.5 Å². The first-order chi connectivity index (χ1) is 11.0. The summed E-state index contributed by atoms with van der Waals surface area (Å²) < 4.78 is 0. The van der Waals surface area contributed by atoms with Gasteiger partial charge in [-0.15, -0.1) is 0 Å². The van der Waals surface area contributed by atoms with Crippen molar-refractivity contribution < 1.29 is 0 Å². The van der Waals surface area contributed by atoms with Crippen LogP contribution in [0.1, 0.15) is 26.7 Å². The topological polar surface area (TPSA) is 0 Å². The van der Waals surface area contributed by atoms with Crippen LogP contribution < -0.4 is 0 Å². The summed E-state index contributed by atoms with van der Waals surface area (Å²) in [5.74, 6) is 5.08. The molecule has 0 aromatic rings.